The molecule has 0 aliphatic rings. The van der Waals surface area contributed by atoms with E-state index in [4.69, 9.17) is 11.6 Å². The Bertz CT molecular complexity index is 511. The van der Waals surface area contributed by atoms with Gasteiger partial charge in [0.25, 0.3) is 5.91 Å². The van der Waals surface area contributed by atoms with Crippen LogP contribution in [0.15, 0.2) is 24.8 Å². The predicted octanol–water partition coefficient (Wildman–Crippen LogP) is 1.48. The summed E-state index contributed by atoms with van der Waals surface area (Å²) in [5.41, 5.74) is 1.26. The first-order chi connectivity index (χ1) is 8.33. The predicted molar refractivity (Wildman–Crippen MR) is 65.3 cm³/mol. The second-order valence-corrected chi connectivity index (χ2v) is 3.99. The van der Waals surface area contributed by atoms with Gasteiger partial charge in [-0.15, -0.1) is 11.6 Å². The minimum atomic E-state index is -0.123. The van der Waals surface area contributed by atoms with Gasteiger partial charge in [-0.1, -0.05) is 0 Å². The van der Waals surface area contributed by atoms with E-state index in [-0.39, 0.29) is 5.91 Å². The van der Waals surface area contributed by atoms with E-state index in [9.17, 15) is 4.79 Å². The molecular weight excluding hydrogens is 240 g/mol. The Balaban J connectivity index is 2.04. The molecule has 17 heavy (non-hydrogen) atoms. The molecule has 90 valence electrons. The number of rotatable bonds is 5. The molecule has 0 aliphatic heterocycles. The minimum absolute atomic E-state index is 0.123. The minimum Gasteiger partial charge on any atom is -0.352 e. The quantitative estimate of drug-likeness (QED) is 0.648. The van der Waals surface area contributed by atoms with Gasteiger partial charge in [-0.05, 0) is 12.8 Å². The summed E-state index contributed by atoms with van der Waals surface area (Å²) in [5, 5.41) is 6.91. The van der Waals surface area contributed by atoms with Crippen LogP contribution in [0.25, 0.3) is 5.52 Å². The zero-order chi connectivity index (χ0) is 12.1. The van der Waals surface area contributed by atoms with Crippen LogP contribution < -0.4 is 5.32 Å². The molecular formula is C11H13ClN4O. The summed E-state index contributed by atoms with van der Waals surface area (Å²) in [6.07, 6.45) is 8.29. The van der Waals surface area contributed by atoms with Crippen molar-refractivity contribution in [2.45, 2.75) is 12.8 Å². The monoisotopic (exact) mass is 252 g/mol. The van der Waals surface area contributed by atoms with E-state index in [0.29, 0.717) is 23.5 Å². The van der Waals surface area contributed by atoms with Crippen molar-refractivity contribution in [3.63, 3.8) is 0 Å². The highest BCUT2D eigenvalue weighted by Gasteiger charge is 2.11. The van der Waals surface area contributed by atoms with Gasteiger partial charge >= 0.3 is 0 Å². The first-order valence-corrected chi connectivity index (χ1v) is 5.98. The Kier molecular flexibility index (Phi) is 3.93. The van der Waals surface area contributed by atoms with E-state index in [0.717, 1.165) is 12.8 Å². The molecule has 2 aromatic heterocycles. The molecule has 0 saturated carbocycles. The van der Waals surface area contributed by atoms with Gasteiger partial charge in [0.1, 0.15) is 0 Å². The number of hydrogen-bond acceptors (Lipinski definition) is 3. The maximum atomic E-state index is 11.9. The topological polar surface area (TPSA) is 59.3 Å². The summed E-state index contributed by atoms with van der Waals surface area (Å²) in [6.45, 7) is 0.628. The van der Waals surface area contributed by atoms with E-state index in [2.05, 4.69) is 15.4 Å². The zero-order valence-corrected chi connectivity index (χ0v) is 10.0. The van der Waals surface area contributed by atoms with Crippen LogP contribution >= 0.6 is 11.6 Å². The molecule has 2 heterocycles. The van der Waals surface area contributed by atoms with E-state index in [1.54, 1.807) is 29.3 Å². The SMILES string of the molecule is O=C(NCCCCCl)c1cnn2ccncc12. The number of nitrogens with zero attached hydrogens (tertiary/aromatic N) is 3. The molecule has 2 rings (SSSR count). The van der Waals surface area contributed by atoms with Crippen molar-refractivity contribution in [3.05, 3.63) is 30.4 Å². The molecule has 0 bridgehead atoms. The van der Waals surface area contributed by atoms with Crippen molar-refractivity contribution in [1.82, 2.24) is 19.9 Å². The van der Waals surface area contributed by atoms with E-state index < -0.39 is 0 Å². The lowest BCUT2D eigenvalue weighted by atomic mass is 10.2. The number of hydrogen-bond donors (Lipinski definition) is 1. The summed E-state index contributed by atoms with van der Waals surface area (Å²) in [4.78, 5) is 15.8. The highest BCUT2D eigenvalue weighted by Crippen LogP contribution is 2.08. The number of fused-ring (bicyclic) bond motifs is 1. The maximum absolute atomic E-state index is 11.9. The number of carbonyl (C=O) groups is 1. The van der Waals surface area contributed by atoms with Crippen molar-refractivity contribution in [3.8, 4) is 0 Å². The molecule has 0 saturated heterocycles. The highest BCUT2D eigenvalue weighted by atomic mass is 35.5. The molecule has 1 amide bonds. The van der Waals surface area contributed by atoms with Gasteiger partial charge in [0.05, 0.1) is 23.5 Å². The molecule has 0 atom stereocenters. The van der Waals surface area contributed by atoms with Crippen molar-refractivity contribution in [2.75, 3.05) is 12.4 Å². The number of carbonyl (C=O) groups excluding carboxylic acids is 1. The summed E-state index contributed by atoms with van der Waals surface area (Å²) in [5.74, 6) is 0.499. The molecule has 0 aliphatic carbocycles. The summed E-state index contributed by atoms with van der Waals surface area (Å²) >= 11 is 5.56. The molecule has 0 unspecified atom stereocenters. The van der Waals surface area contributed by atoms with Crippen molar-refractivity contribution in [2.24, 2.45) is 0 Å². The lowest BCUT2D eigenvalue weighted by Gasteiger charge is -2.02. The van der Waals surface area contributed by atoms with Gasteiger partial charge in [-0.2, -0.15) is 5.10 Å². The number of unbranched alkanes of at least 4 members (excludes halogenated alkanes) is 1. The average molecular weight is 253 g/mol. The fourth-order valence-electron chi connectivity index (χ4n) is 1.53. The lowest BCUT2D eigenvalue weighted by Crippen LogP contribution is -2.24. The van der Waals surface area contributed by atoms with Crippen LogP contribution in [0.4, 0.5) is 0 Å². The summed E-state index contributed by atoms with van der Waals surface area (Å²) in [7, 11) is 0. The fourth-order valence-corrected chi connectivity index (χ4v) is 1.72. The van der Waals surface area contributed by atoms with Crippen LogP contribution in [0.1, 0.15) is 23.2 Å². The molecule has 0 fully saturated rings. The summed E-state index contributed by atoms with van der Waals surface area (Å²) in [6, 6.07) is 0. The van der Waals surface area contributed by atoms with Crippen LogP contribution in [-0.4, -0.2) is 32.9 Å². The Morgan fingerprint density at radius 2 is 2.29 bits per heavy atom. The Hall–Kier alpha value is -1.62. The van der Waals surface area contributed by atoms with Gasteiger partial charge in [-0.3, -0.25) is 9.78 Å². The second kappa shape index (κ2) is 5.63. The number of nitrogens with one attached hydrogen (secondary N) is 1. The normalized spacial score (nSPS) is 10.6. The first kappa shape index (κ1) is 11.9. The third-order valence-electron chi connectivity index (χ3n) is 2.42. The number of amides is 1. The number of aromatic nitrogens is 3. The smallest absolute Gasteiger partial charge is 0.255 e. The third-order valence-corrected chi connectivity index (χ3v) is 2.68. The van der Waals surface area contributed by atoms with Crippen LogP contribution in [0.3, 0.4) is 0 Å². The maximum Gasteiger partial charge on any atom is 0.255 e. The Morgan fingerprint density at radius 3 is 3.12 bits per heavy atom. The second-order valence-electron chi connectivity index (χ2n) is 3.62. The largest absolute Gasteiger partial charge is 0.352 e. The Labute approximate surface area is 104 Å². The van der Waals surface area contributed by atoms with Crippen LogP contribution in [0.5, 0.6) is 0 Å². The summed E-state index contributed by atoms with van der Waals surface area (Å²) < 4.78 is 1.63. The first-order valence-electron chi connectivity index (χ1n) is 5.44. The van der Waals surface area contributed by atoms with Gasteiger partial charge in [0.15, 0.2) is 0 Å². The molecule has 0 aromatic carbocycles. The molecule has 1 N–H and O–H groups in total. The van der Waals surface area contributed by atoms with E-state index in [1.807, 2.05) is 0 Å². The molecule has 6 heteroatoms. The average Bonchev–Trinajstić information content (AvgIpc) is 2.78. The Morgan fingerprint density at radius 1 is 1.41 bits per heavy atom. The van der Waals surface area contributed by atoms with Crippen molar-refractivity contribution >= 4 is 23.0 Å². The number of alkyl halides is 1. The number of halogens is 1. The van der Waals surface area contributed by atoms with Gasteiger partial charge < -0.3 is 5.32 Å². The molecule has 0 spiro atoms. The third kappa shape index (κ3) is 2.74. The van der Waals surface area contributed by atoms with Gasteiger partial charge in [0, 0.05) is 24.8 Å². The van der Waals surface area contributed by atoms with E-state index >= 15 is 0 Å². The highest BCUT2D eigenvalue weighted by molar-refractivity contribution is 6.17. The van der Waals surface area contributed by atoms with Crippen molar-refractivity contribution in [1.29, 1.82) is 0 Å². The van der Waals surface area contributed by atoms with Crippen LogP contribution in [0, 0.1) is 0 Å². The molecule has 5 nitrogen and oxygen atoms in total. The van der Waals surface area contributed by atoms with E-state index in [1.165, 1.54) is 0 Å². The van der Waals surface area contributed by atoms with Crippen molar-refractivity contribution < 1.29 is 4.79 Å². The van der Waals surface area contributed by atoms with Crippen LogP contribution in [-0.2, 0) is 0 Å². The van der Waals surface area contributed by atoms with Gasteiger partial charge in [-0.25, -0.2) is 4.52 Å². The molecule has 2 aromatic rings. The standard InChI is InChI=1S/C11H13ClN4O/c12-3-1-2-4-14-11(17)9-7-15-16-6-5-13-8-10(9)16/h5-8H,1-4H2,(H,14,17). The lowest BCUT2D eigenvalue weighted by molar-refractivity contribution is 0.0955. The molecule has 0 radical (unpaired) electrons. The van der Waals surface area contributed by atoms with Crippen LogP contribution in [0.2, 0.25) is 0 Å². The zero-order valence-electron chi connectivity index (χ0n) is 9.27. The van der Waals surface area contributed by atoms with Gasteiger partial charge in [0.2, 0.25) is 0 Å². The fraction of sp³-hybridized carbons (Fsp3) is 0.364.